The number of carbonyl (C=O) groups is 2. The van der Waals surface area contributed by atoms with Crippen molar-refractivity contribution in [1.29, 1.82) is 0 Å². The van der Waals surface area contributed by atoms with E-state index in [-0.39, 0.29) is 11.9 Å². The number of halogens is 3. The van der Waals surface area contributed by atoms with Gasteiger partial charge in [-0.3, -0.25) is 9.48 Å². The van der Waals surface area contributed by atoms with Crippen LogP contribution in [0.1, 0.15) is 25.8 Å². The smallest absolute Gasteiger partial charge is 0.475 e. The number of carboxylic acids is 1. The second-order valence-electron chi connectivity index (χ2n) is 9.58. The number of hydrogen-bond donors (Lipinski definition) is 3. The van der Waals surface area contributed by atoms with Gasteiger partial charge in [-0.05, 0) is 31.0 Å². The number of benzene rings is 1. The van der Waals surface area contributed by atoms with Gasteiger partial charge in [0.15, 0.2) is 16.5 Å². The molecule has 5 heterocycles. The van der Waals surface area contributed by atoms with Crippen LogP contribution in [0.4, 0.5) is 24.1 Å². The van der Waals surface area contributed by atoms with E-state index in [0.29, 0.717) is 11.4 Å². The number of nitrogens with zero attached hydrogens (tertiary/aromatic N) is 5. The van der Waals surface area contributed by atoms with Crippen molar-refractivity contribution in [2.45, 2.75) is 32.0 Å². The van der Waals surface area contributed by atoms with Gasteiger partial charge in [-0.1, -0.05) is 17.4 Å². The highest BCUT2D eigenvalue weighted by Gasteiger charge is 2.38. The van der Waals surface area contributed by atoms with Gasteiger partial charge < -0.3 is 25.5 Å². The molecule has 5 aromatic rings. The fourth-order valence-corrected chi connectivity index (χ4v) is 5.71. The first-order valence-electron chi connectivity index (χ1n) is 12.8. The summed E-state index contributed by atoms with van der Waals surface area (Å²) in [5, 5.41) is 16.6. The summed E-state index contributed by atoms with van der Waals surface area (Å²) in [6.07, 6.45) is 2.39. The maximum atomic E-state index is 11.6. The molecule has 1 amide bonds. The van der Waals surface area contributed by atoms with Crippen LogP contribution in [-0.2, 0) is 9.59 Å². The first-order chi connectivity index (χ1) is 20.0. The van der Waals surface area contributed by atoms with Crippen LogP contribution in [0, 0.1) is 0 Å². The van der Waals surface area contributed by atoms with Gasteiger partial charge in [0, 0.05) is 61.5 Å². The van der Waals surface area contributed by atoms with Gasteiger partial charge in [0.25, 0.3) is 0 Å². The van der Waals surface area contributed by atoms with Gasteiger partial charge in [-0.15, -0.1) is 0 Å². The standard InChI is InChI=1S/C25H25N7O2S.C2HF3O2/c1-14(33)31-8-6-16(7-9-31)32-13-15(11-29-32)19-12-28-24(26)22-18(19)10-21(34-22)17-4-3-5-20-23(17)35-25(27-2)30-20;3-2(4,5)1(6)7/h3-5,10-13,16H,6-9H2,1-2H3,(H2,26,28)(H,27,30);(H,6,7). The number of rotatable bonds is 4. The van der Waals surface area contributed by atoms with Crippen LogP contribution in [0.15, 0.2) is 47.3 Å². The predicted molar refractivity (Wildman–Crippen MR) is 152 cm³/mol. The van der Waals surface area contributed by atoms with Crippen molar-refractivity contribution in [2.75, 3.05) is 31.2 Å². The average molecular weight is 602 g/mol. The van der Waals surface area contributed by atoms with Crippen LogP contribution in [0.5, 0.6) is 0 Å². The summed E-state index contributed by atoms with van der Waals surface area (Å²) in [5.74, 6) is -1.55. The molecule has 4 N–H and O–H groups in total. The molecule has 1 fully saturated rings. The topological polar surface area (TPSA) is 152 Å². The minimum Gasteiger partial charge on any atom is -0.475 e. The third kappa shape index (κ3) is 5.72. The summed E-state index contributed by atoms with van der Waals surface area (Å²) < 4.78 is 41.1. The zero-order chi connectivity index (χ0) is 30.2. The first kappa shape index (κ1) is 28.9. The first-order valence-corrected chi connectivity index (χ1v) is 13.6. The molecular formula is C27H26F3N7O4S. The fourth-order valence-electron chi connectivity index (χ4n) is 4.78. The Bertz CT molecular complexity index is 1770. The summed E-state index contributed by atoms with van der Waals surface area (Å²) in [4.78, 5) is 31.5. The molecule has 1 aliphatic heterocycles. The molecule has 4 aromatic heterocycles. The van der Waals surface area contributed by atoms with Gasteiger partial charge in [0.05, 0.1) is 22.5 Å². The van der Waals surface area contributed by atoms with Crippen molar-refractivity contribution >= 4 is 55.3 Å². The molecule has 15 heteroatoms. The Morgan fingerprint density at radius 2 is 1.90 bits per heavy atom. The molecule has 0 aliphatic carbocycles. The molecule has 0 atom stereocenters. The number of nitrogens with one attached hydrogen (secondary N) is 1. The maximum Gasteiger partial charge on any atom is 0.490 e. The molecule has 1 aromatic carbocycles. The molecule has 11 nitrogen and oxygen atoms in total. The Labute approximate surface area is 240 Å². The number of pyridine rings is 1. The molecule has 1 aliphatic rings. The third-order valence-electron chi connectivity index (χ3n) is 6.92. The van der Waals surface area contributed by atoms with Crippen LogP contribution in [0.25, 0.3) is 43.6 Å². The minimum absolute atomic E-state index is 0.131. The Morgan fingerprint density at radius 3 is 2.55 bits per heavy atom. The van der Waals surface area contributed by atoms with Gasteiger partial charge in [0.2, 0.25) is 5.91 Å². The molecule has 0 radical (unpaired) electrons. The Hall–Kier alpha value is -4.66. The normalized spacial score (nSPS) is 14.2. The lowest BCUT2D eigenvalue weighted by molar-refractivity contribution is -0.192. The quantitative estimate of drug-likeness (QED) is 0.246. The van der Waals surface area contributed by atoms with E-state index in [2.05, 4.69) is 26.6 Å². The lowest BCUT2D eigenvalue weighted by Gasteiger charge is -2.31. The van der Waals surface area contributed by atoms with E-state index < -0.39 is 12.1 Å². The Kier molecular flexibility index (Phi) is 7.77. The summed E-state index contributed by atoms with van der Waals surface area (Å²) in [6.45, 7) is 3.14. The zero-order valence-electron chi connectivity index (χ0n) is 22.5. The highest BCUT2D eigenvalue weighted by molar-refractivity contribution is 7.22. The largest absolute Gasteiger partial charge is 0.490 e. The number of alkyl halides is 3. The zero-order valence-corrected chi connectivity index (χ0v) is 23.3. The SMILES string of the molecule is CNc1nc2cccc(-c3cc4c(-c5cnn(C6CCN(C(C)=O)CC6)c5)cnc(N)c4o3)c2s1.O=C(O)C(F)(F)F. The van der Waals surface area contributed by atoms with E-state index in [9.17, 15) is 18.0 Å². The van der Waals surface area contributed by atoms with Crippen molar-refractivity contribution in [3.63, 3.8) is 0 Å². The van der Waals surface area contributed by atoms with Crippen molar-refractivity contribution in [3.8, 4) is 22.5 Å². The number of carboxylic acid groups (broad SMARTS) is 1. The van der Waals surface area contributed by atoms with E-state index >= 15 is 0 Å². The second kappa shape index (κ2) is 11.3. The highest BCUT2D eigenvalue weighted by Crippen LogP contribution is 2.40. The van der Waals surface area contributed by atoms with Crippen molar-refractivity contribution in [2.24, 2.45) is 0 Å². The molecule has 6 rings (SSSR count). The van der Waals surface area contributed by atoms with Gasteiger partial charge >= 0.3 is 12.1 Å². The van der Waals surface area contributed by atoms with Gasteiger partial charge in [0.1, 0.15) is 5.76 Å². The van der Waals surface area contributed by atoms with E-state index in [1.54, 1.807) is 24.5 Å². The number of furan rings is 1. The molecule has 0 bridgehead atoms. The molecule has 0 unspecified atom stereocenters. The maximum absolute atomic E-state index is 11.6. The van der Waals surface area contributed by atoms with Crippen LogP contribution < -0.4 is 11.1 Å². The number of thiazole rings is 1. The predicted octanol–water partition coefficient (Wildman–Crippen LogP) is 5.41. The third-order valence-corrected chi connectivity index (χ3v) is 8.04. The number of nitrogen functional groups attached to an aromatic ring is 1. The monoisotopic (exact) mass is 601 g/mol. The number of aliphatic carboxylic acids is 1. The number of piperidine rings is 1. The fraction of sp³-hybridized carbons (Fsp3) is 0.296. The van der Waals surface area contributed by atoms with Crippen LogP contribution in [0.2, 0.25) is 0 Å². The van der Waals surface area contributed by atoms with Crippen LogP contribution >= 0.6 is 11.3 Å². The average Bonchev–Trinajstić information content (AvgIpc) is 3.71. The molecule has 0 spiro atoms. The van der Waals surface area contributed by atoms with Crippen LogP contribution in [0.3, 0.4) is 0 Å². The summed E-state index contributed by atoms with van der Waals surface area (Å²) in [5.41, 5.74) is 10.5. The molecule has 1 saturated heterocycles. The second-order valence-corrected chi connectivity index (χ2v) is 10.6. The number of amides is 1. The van der Waals surface area contributed by atoms with E-state index in [0.717, 1.165) is 69.1 Å². The van der Waals surface area contributed by atoms with Crippen molar-refractivity contribution in [1.82, 2.24) is 24.6 Å². The number of carbonyl (C=O) groups excluding carboxylic acids is 1. The van der Waals surface area contributed by atoms with Crippen molar-refractivity contribution in [3.05, 3.63) is 42.9 Å². The van der Waals surface area contributed by atoms with Gasteiger partial charge in [-0.25, -0.2) is 14.8 Å². The molecule has 42 heavy (non-hydrogen) atoms. The van der Waals surface area contributed by atoms with Crippen LogP contribution in [-0.4, -0.2) is 67.9 Å². The number of fused-ring (bicyclic) bond motifs is 2. The summed E-state index contributed by atoms with van der Waals surface area (Å²) in [7, 11) is 1.87. The van der Waals surface area contributed by atoms with E-state index in [1.807, 2.05) is 47.1 Å². The number of anilines is 2. The lowest BCUT2D eigenvalue weighted by atomic mass is 10.0. The minimum atomic E-state index is -5.08. The lowest BCUT2D eigenvalue weighted by Crippen LogP contribution is -2.37. The number of nitrogens with two attached hydrogens (primary N) is 1. The van der Waals surface area contributed by atoms with Crippen molar-refractivity contribution < 1.29 is 32.3 Å². The number of hydrogen-bond acceptors (Lipinski definition) is 9. The van der Waals surface area contributed by atoms with E-state index in [4.69, 9.17) is 20.1 Å². The van der Waals surface area contributed by atoms with E-state index in [1.165, 1.54) is 0 Å². The summed E-state index contributed by atoms with van der Waals surface area (Å²) >= 11 is 1.59. The summed E-state index contributed by atoms with van der Waals surface area (Å²) in [6, 6.07) is 8.30. The highest BCUT2D eigenvalue weighted by atomic mass is 32.1. The Morgan fingerprint density at radius 1 is 1.19 bits per heavy atom. The molecule has 220 valence electrons. The number of aromatic nitrogens is 4. The Balaban J connectivity index is 0.000000451. The van der Waals surface area contributed by atoms with Gasteiger partial charge in [-0.2, -0.15) is 18.3 Å². The molecular weight excluding hydrogens is 575 g/mol. The number of likely N-dealkylation sites (tertiary alicyclic amines) is 1. The molecule has 0 saturated carbocycles.